The van der Waals surface area contributed by atoms with Crippen LogP contribution in [0.2, 0.25) is 0 Å². The second kappa shape index (κ2) is 4.37. The van der Waals surface area contributed by atoms with Gasteiger partial charge in [-0.1, -0.05) is 0 Å². The molecule has 0 aromatic carbocycles. The van der Waals surface area contributed by atoms with E-state index in [9.17, 15) is 8.42 Å². The van der Waals surface area contributed by atoms with Crippen LogP contribution in [-0.4, -0.2) is 56.0 Å². The third kappa shape index (κ3) is 3.14. The van der Waals surface area contributed by atoms with Crippen LogP contribution in [0.1, 0.15) is 19.3 Å². The number of aliphatic hydroxyl groups is 1. The number of rotatable bonds is 5. The fourth-order valence-electron chi connectivity index (χ4n) is 2.09. The van der Waals surface area contributed by atoms with Gasteiger partial charge in [0.2, 0.25) is 10.0 Å². The Kier molecular flexibility index (Phi) is 3.30. The van der Waals surface area contributed by atoms with E-state index in [0.29, 0.717) is 6.04 Å². The Morgan fingerprint density at radius 2 is 2.07 bits per heavy atom. The molecule has 0 aromatic rings. The lowest BCUT2D eigenvalue weighted by Crippen LogP contribution is -2.39. The third-order valence-electron chi connectivity index (χ3n) is 2.99. The van der Waals surface area contributed by atoms with Crippen LogP contribution in [0.25, 0.3) is 0 Å². The maximum absolute atomic E-state index is 11.4. The molecule has 2 fully saturated rings. The fourth-order valence-corrected chi connectivity index (χ4v) is 3.15. The quantitative estimate of drug-likeness (QED) is 0.649. The largest absolute Gasteiger partial charge is 0.395 e. The molecule has 2 aliphatic rings. The van der Waals surface area contributed by atoms with Gasteiger partial charge in [0.15, 0.2) is 0 Å². The first-order valence-corrected chi connectivity index (χ1v) is 7.11. The van der Waals surface area contributed by atoms with E-state index in [0.717, 1.165) is 19.5 Å². The molecule has 2 N–H and O–H groups in total. The minimum atomic E-state index is -3.27. The van der Waals surface area contributed by atoms with Gasteiger partial charge in [-0.25, -0.2) is 13.1 Å². The van der Waals surface area contributed by atoms with Crippen molar-refractivity contribution >= 4 is 10.0 Å². The molecule has 88 valence electrons. The average molecular weight is 234 g/mol. The standard InChI is InChI=1S/C9H18N2O3S/c12-5-6-15(13,14)10-8-3-4-11(7-8)9-1-2-9/h8-10,12H,1-7H2. The highest BCUT2D eigenvalue weighted by Crippen LogP contribution is 2.29. The molecule has 1 saturated carbocycles. The molecule has 1 saturated heterocycles. The number of likely N-dealkylation sites (tertiary alicyclic amines) is 1. The molecule has 0 bridgehead atoms. The summed E-state index contributed by atoms with van der Waals surface area (Å²) in [7, 11) is -3.27. The van der Waals surface area contributed by atoms with E-state index < -0.39 is 10.0 Å². The van der Waals surface area contributed by atoms with Crippen LogP contribution in [0.5, 0.6) is 0 Å². The van der Waals surface area contributed by atoms with Crippen LogP contribution in [0.4, 0.5) is 0 Å². The summed E-state index contributed by atoms with van der Waals surface area (Å²) in [4.78, 5) is 2.35. The SMILES string of the molecule is O=S(=O)(CCO)NC1CCN(C2CC2)C1. The van der Waals surface area contributed by atoms with Gasteiger partial charge in [0.25, 0.3) is 0 Å². The minimum Gasteiger partial charge on any atom is -0.395 e. The lowest BCUT2D eigenvalue weighted by Gasteiger charge is -2.15. The van der Waals surface area contributed by atoms with Crippen molar-refractivity contribution in [3.8, 4) is 0 Å². The molecule has 1 heterocycles. The van der Waals surface area contributed by atoms with Crippen LogP contribution in [-0.2, 0) is 10.0 Å². The molecule has 1 aliphatic carbocycles. The smallest absolute Gasteiger partial charge is 0.214 e. The van der Waals surface area contributed by atoms with Gasteiger partial charge < -0.3 is 5.11 Å². The van der Waals surface area contributed by atoms with Gasteiger partial charge in [-0.15, -0.1) is 0 Å². The average Bonchev–Trinajstić information content (AvgIpc) is 2.88. The van der Waals surface area contributed by atoms with E-state index in [4.69, 9.17) is 5.11 Å². The van der Waals surface area contributed by atoms with Gasteiger partial charge in [0.05, 0.1) is 12.4 Å². The van der Waals surface area contributed by atoms with Crippen molar-refractivity contribution in [3.63, 3.8) is 0 Å². The molecule has 6 heteroatoms. The van der Waals surface area contributed by atoms with E-state index in [2.05, 4.69) is 9.62 Å². The van der Waals surface area contributed by atoms with Crippen LogP contribution in [0.15, 0.2) is 0 Å². The lowest BCUT2D eigenvalue weighted by molar-refractivity contribution is 0.316. The maximum atomic E-state index is 11.4. The summed E-state index contributed by atoms with van der Waals surface area (Å²) in [6, 6.07) is 0.750. The Morgan fingerprint density at radius 1 is 1.33 bits per heavy atom. The van der Waals surface area contributed by atoms with Crippen LogP contribution in [0.3, 0.4) is 0 Å². The fraction of sp³-hybridized carbons (Fsp3) is 1.00. The van der Waals surface area contributed by atoms with Crippen molar-refractivity contribution in [3.05, 3.63) is 0 Å². The monoisotopic (exact) mass is 234 g/mol. The maximum Gasteiger partial charge on any atom is 0.214 e. The van der Waals surface area contributed by atoms with Crippen LogP contribution in [0, 0.1) is 0 Å². The number of aliphatic hydroxyl groups excluding tert-OH is 1. The predicted octanol–water partition coefficient (Wildman–Crippen LogP) is -0.865. The lowest BCUT2D eigenvalue weighted by atomic mass is 10.3. The van der Waals surface area contributed by atoms with Crippen molar-refractivity contribution < 1.29 is 13.5 Å². The van der Waals surface area contributed by atoms with Crippen molar-refractivity contribution in [1.29, 1.82) is 0 Å². The number of nitrogens with one attached hydrogen (secondary N) is 1. The highest BCUT2D eigenvalue weighted by Gasteiger charge is 2.35. The Balaban J connectivity index is 1.80. The topological polar surface area (TPSA) is 69.6 Å². The number of sulfonamides is 1. The van der Waals surface area contributed by atoms with E-state index in [-0.39, 0.29) is 18.4 Å². The van der Waals surface area contributed by atoms with Crippen molar-refractivity contribution in [1.82, 2.24) is 9.62 Å². The van der Waals surface area contributed by atoms with E-state index in [1.54, 1.807) is 0 Å². The highest BCUT2D eigenvalue weighted by molar-refractivity contribution is 7.89. The summed E-state index contributed by atoms with van der Waals surface area (Å²) in [5, 5.41) is 8.60. The van der Waals surface area contributed by atoms with Gasteiger partial charge in [-0.3, -0.25) is 4.90 Å². The molecule has 0 spiro atoms. The van der Waals surface area contributed by atoms with Gasteiger partial charge in [-0.2, -0.15) is 0 Å². The summed E-state index contributed by atoms with van der Waals surface area (Å²) in [5.74, 6) is -0.188. The van der Waals surface area contributed by atoms with Crippen LogP contribution >= 0.6 is 0 Å². The normalized spacial score (nSPS) is 28.5. The predicted molar refractivity (Wildman–Crippen MR) is 57.0 cm³/mol. The third-order valence-corrected chi connectivity index (χ3v) is 4.40. The summed E-state index contributed by atoms with van der Waals surface area (Å²) in [5.41, 5.74) is 0. The van der Waals surface area contributed by atoms with E-state index >= 15 is 0 Å². The van der Waals surface area contributed by atoms with Crippen molar-refractivity contribution in [2.45, 2.75) is 31.3 Å². The second-order valence-electron chi connectivity index (χ2n) is 4.37. The zero-order chi connectivity index (χ0) is 10.9. The number of nitrogens with zero attached hydrogens (tertiary/aromatic N) is 1. The van der Waals surface area contributed by atoms with Crippen molar-refractivity contribution in [2.75, 3.05) is 25.4 Å². The zero-order valence-electron chi connectivity index (χ0n) is 8.72. The number of hydrogen-bond donors (Lipinski definition) is 2. The molecule has 1 atom stereocenters. The molecule has 0 radical (unpaired) electrons. The molecule has 0 aromatic heterocycles. The molecule has 5 nitrogen and oxygen atoms in total. The Labute approximate surface area is 90.5 Å². The van der Waals surface area contributed by atoms with Crippen LogP contribution < -0.4 is 4.72 Å². The summed E-state index contributed by atoms with van der Waals surface area (Å²) in [6.45, 7) is 1.51. The molecular weight excluding hydrogens is 216 g/mol. The van der Waals surface area contributed by atoms with Gasteiger partial charge >= 0.3 is 0 Å². The highest BCUT2D eigenvalue weighted by atomic mass is 32.2. The molecule has 1 unspecified atom stereocenters. The second-order valence-corrected chi connectivity index (χ2v) is 6.25. The van der Waals surface area contributed by atoms with Gasteiger partial charge in [0.1, 0.15) is 0 Å². The molecule has 15 heavy (non-hydrogen) atoms. The molecule has 0 amide bonds. The van der Waals surface area contributed by atoms with Gasteiger partial charge in [-0.05, 0) is 19.3 Å². The first-order chi connectivity index (χ1) is 7.11. The zero-order valence-corrected chi connectivity index (χ0v) is 9.54. The Morgan fingerprint density at radius 3 is 2.67 bits per heavy atom. The summed E-state index contributed by atoms with van der Waals surface area (Å²) in [6.07, 6.45) is 3.41. The van der Waals surface area contributed by atoms with Crippen molar-refractivity contribution in [2.24, 2.45) is 0 Å². The first-order valence-electron chi connectivity index (χ1n) is 5.45. The minimum absolute atomic E-state index is 0.0437. The molecule has 1 aliphatic heterocycles. The summed E-state index contributed by atoms with van der Waals surface area (Å²) >= 11 is 0. The Hall–Kier alpha value is -0.170. The van der Waals surface area contributed by atoms with Gasteiger partial charge in [0, 0.05) is 25.2 Å². The first kappa shape index (κ1) is 11.3. The summed E-state index contributed by atoms with van der Waals surface area (Å²) < 4.78 is 25.4. The van der Waals surface area contributed by atoms with E-state index in [1.807, 2.05) is 0 Å². The molecular formula is C9H18N2O3S. The van der Waals surface area contributed by atoms with E-state index in [1.165, 1.54) is 12.8 Å². The molecule has 2 rings (SSSR count). The Bertz CT molecular complexity index is 313. The number of hydrogen-bond acceptors (Lipinski definition) is 4.